The first kappa shape index (κ1) is 12.7. The lowest BCUT2D eigenvalue weighted by Gasteiger charge is -1.98. The lowest BCUT2D eigenvalue weighted by molar-refractivity contribution is -0.140. The minimum atomic E-state index is -0.286. The van der Waals surface area contributed by atoms with E-state index < -0.39 is 0 Å². The molecule has 18 heavy (non-hydrogen) atoms. The van der Waals surface area contributed by atoms with Crippen LogP contribution < -0.4 is 0 Å². The molecule has 0 N–H and O–H groups in total. The second-order valence-corrected chi connectivity index (χ2v) is 4.56. The molecule has 0 amide bonds. The van der Waals surface area contributed by atoms with Crippen molar-refractivity contribution >= 4 is 17.3 Å². The van der Waals surface area contributed by atoms with Gasteiger partial charge in [0, 0.05) is 17.4 Å². The monoisotopic (exact) mass is 265 g/mol. The Morgan fingerprint density at radius 3 is 2.94 bits per heavy atom. The van der Waals surface area contributed by atoms with Gasteiger partial charge in [-0.15, -0.1) is 11.3 Å². The SMILES string of the molecule is COC(=O)CCc1csc(-c2ccccc2F)n1. The van der Waals surface area contributed by atoms with E-state index in [-0.39, 0.29) is 18.2 Å². The van der Waals surface area contributed by atoms with Gasteiger partial charge in [-0.25, -0.2) is 9.37 Å². The van der Waals surface area contributed by atoms with E-state index in [0.29, 0.717) is 17.0 Å². The molecule has 94 valence electrons. The van der Waals surface area contributed by atoms with Crippen LogP contribution in [0.4, 0.5) is 4.39 Å². The minimum absolute atomic E-state index is 0.268. The number of hydrogen-bond donors (Lipinski definition) is 0. The summed E-state index contributed by atoms with van der Waals surface area (Å²) >= 11 is 1.37. The molecule has 0 aliphatic heterocycles. The van der Waals surface area contributed by atoms with Crippen molar-refractivity contribution in [2.24, 2.45) is 0 Å². The van der Waals surface area contributed by atoms with Gasteiger partial charge in [-0.05, 0) is 12.1 Å². The van der Waals surface area contributed by atoms with Crippen LogP contribution in [0.5, 0.6) is 0 Å². The van der Waals surface area contributed by atoms with Gasteiger partial charge in [0.25, 0.3) is 0 Å². The van der Waals surface area contributed by atoms with Crippen LogP contribution in [0, 0.1) is 5.82 Å². The summed E-state index contributed by atoms with van der Waals surface area (Å²) in [6.45, 7) is 0. The number of esters is 1. The molecular formula is C13H12FNO2S. The normalized spacial score (nSPS) is 10.3. The first-order valence-electron chi connectivity index (χ1n) is 5.47. The van der Waals surface area contributed by atoms with Gasteiger partial charge in [-0.2, -0.15) is 0 Å². The molecule has 5 heteroatoms. The number of halogens is 1. The Morgan fingerprint density at radius 2 is 2.22 bits per heavy atom. The number of rotatable bonds is 4. The van der Waals surface area contributed by atoms with Crippen molar-refractivity contribution in [2.45, 2.75) is 12.8 Å². The number of aromatic nitrogens is 1. The number of carbonyl (C=O) groups is 1. The molecular weight excluding hydrogens is 253 g/mol. The maximum atomic E-state index is 13.5. The van der Waals surface area contributed by atoms with Crippen molar-refractivity contribution in [2.75, 3.05) is 7.11 Å². The van der Waals surface area contributed by atoms with Crippen molar-refractivity contribution < 1.29 is 13.9 Å². The number of ether oxygens (including phenoxy) is 1. The Hall–Kier alpha value is -1.75. The second-order valence-electron chi connectivity index (χ2n) is 3.70. The van der Waals surface area contributed by atoms with Crippen LogP contribution >= 0.6 is 11.3 Å². The first-order chi connectivity index (χ1) is 8.70. The Balaban J connectivity index is 2.11. The summed E-state index contributed by atoms with van der Waals surface area (Å²) < 4.78 is 18.1. The Labute approximate surface area is 108 Å². The average Bonchev–Trinajstić information content (AvgIpc) is 2.85. The molecule has 0 spiro atoms. The minimum Gasteiger partial charge on any atom is -0.469 e. The predicted molar refractivity (Wildman–Crippen MR) is 67.8 cm³/mol. The van der Waals surface area contributed by atoms with Gasteiger partial charge in [-0.1, -0.05) is 12.1 Å². The average molecular weight is 265 g/mol. The quantitative estimate of drug-likeness (QED) is 0.798. The first-order valence-corrected chi connectivity index (χ1v) is 6.35. The summed E-state index contributed by atoms with van der Waals surface area (Å²) in [4.78, 5) is 15.3. The van der Waals surface area contributed by atoms with Crippen LogP contribution in [-0.4, -0.2) is 18.1 Å². The summed E-state index contributed by atoms with van der Waals surface area (Å²) in [5.41, 5.74) is 1.27. The number of thiazole rings is 1. The fourth-order valence-electron chi connectivity index (χ4n) is 1.51. The Kier molecular flexibility index (Phi) is 4.04. The largest absolute Gasteiger partial charge is 0.469 e. The van der Waals surface area contributed by atoms with Crippen LogP contribution in [0.2, 0.25) is 0 Å². The standard InChI is InChI=1S/C13H12FNO2S/c1-17-12(16)7-6-9-8-18-13(15-9)10-4-2-3-5-11(10)14/h2-5,8H,6-7H2,1H3. The Morgan fingerprint density at radius 1 is 1.44 bits per heavy atom. The highest BCUT2D eigenvalue weighted by atomic mass is 32.1. The zero-order valence-corrected chi connectivity index (χ0v) is 10.7. The van der Waals surface area contributed by atoms with Crippen LogP contribution in [0.3, 0.4) is 0 Å². The summed E-state index contributed by atoms with van der Waals surface area (Å²) in [5, 5.41) is 2.47. The van der Waals surface area contributed by atoms with E-state index in [1.165, 1.54) is 24.5 Å². The third-order valence-corrected chi connectivity index (χ3v) is 3.39. The molecule has 2 aromatic rings. The predicted octanol–water partition coefficient (Wildman–Crippen LogP) is 3.05. The number of hydrogen-bond acceptors (Lipinski definition) is 4. The molecule has 0 aliphatic rings. The highest BCUT2D eigenvalue weighted by molar-refractivity contribution is 7.13. The van der Waals surface area contributed by atoms with Gasteiger partial charge < -0.3 is 4.74 Å². The molecule has 0 fully saturated rings. The fraction of sp³-hybridized carbons (Fsp3) is 0.231. The third-order valence-electron chi connectivity index (χ3n) is 2.47. The molecule has 1 heterocycles. The van der Waals surface area contributed by atoms with Gasteiger partial charge in [0.15, 0.2) is 0 Å². The molecule has 0 bridgehead atoms. The van der Waals surface area contributed by atoms with Gasteiger partial charge in [0.2, 0.25) is 0 Å². The van der Waals surface area contributed by atoms with Gasteiger partial charge in [-0.3, -0.25) is 4.79 Å². The van der Waals surface area contributed by atoms with E-state index in [4.69, 9.17) is 0 Å². The molecule has 0 aliphatic carbocycles. The summed E-state index contributed by atoms with van der Waals surface area (Å²) in [6, 6.07) is 6.52. The maximum absolute atomic E-state index is 13.5. The molecule has 2 rings (SSSR count). The van der Waals surface area contributed by atoms with Crippen LogP contribution in [-0.2, 0) is 16.0 Å². The van der Waals surface area contributed by atoms with Crippen molar-refractivity contribution in [3.8, 4) is 10.6 Å². The van der Waals surface area contributed by atoms with Gasteiger partial charge in [0.05, 0.1) is 19.2 Å². The van der Waals surface area contributed by atoms with E-state index in [9.17, 15) is 9.18 Å². The molecule has 3 nitrogen and oxygen atoms in total. The number of methoxy groups -OCH3 is 1. The summed E-state index contributed by atoms with van der Waals surface area (Å²) in [7, 11) is 1.36. The van der Waals surface area contributed by atoms with E-state index in [1.807, 2.05) is 5.38 Å². The number of carbonyl (C=O) groups excluding carboxylic acids is 1. The molecule has 0 radical (unpaired) electrons. The molecule has 1 aromatic carbocycles. The Bertz CT molecular complexity index is 553. The number of benzene rings is 1. The van der Waals surface area contributed by atoms with E-state index in [2.05, 4.69) is 9.72 Å². The van der Waals surface area contributed by atoms with Crippen LogP contribution in [0.25, 0.3) is 10.6 Å². The van der Waals surface area contributed by atoms with Crippen molar-refractivity contribution in [3.63, 3.8) is 0 Å². The third kappa shape index (κ3) is 2.92. The zero-order valence-electron chi connectivity index (χ0n) is 9.85. The smallest absolute Gasteiger partial charge is 0.305 e. The molecule has 0 atom stereocenters. The van der Waals surface area contributed by atoms with E-state index >= 15 is 0 Å². The van der Waals surface area contributed by atoms with Crippen molar-refractivity contribution in [1.29, 1.82) is 0 Å². The fourth-order valence-corrected chi connectivity index (χ4v) is 2.39. The highest BCUT2D eigenvalue weighted by Crippen LogP contribution is 2.26. The topological polar surface area (TPSA) is 39.2 Å². The summed E-state index contributed by atoms with van der Waals surface area (Å²) in [5.74, 6) is -0.554. The zero-order chi connectivity index (χ0) is 13.0. The van der Waals surface area contributed by atoms with Crippen LogP contribution in [0.15, 0.2) is 29.6 Å². The van der Waals surface area contributed by atoms with E-state index in [0.717, 1.165) is 5.69 Å². The molecule has 0 unspecified atom stereocenters. The number of aryl methyl sites for hydroxylation is 1. The van der Waals surface area contributed by atoms with Gasteiger partial charge >= 0.3 is 5.97 Å². The second kappa shape index (κ2) is 5.73. The van der Waals surface area contributed by atoms with Crippen molar-refractivity contribution in [3.05, 3.63) is 41.2 Å². The highest BCUT2D eigenvalue weighted by Gasteiger charge is 2.10. The summed E-state index contributed by atoms with van der Waals surface area (Å²) in [6.07, 6.45) is 0.800. The molecule has 0 saturated carbocycles. The molecule has 0 saturated heterocycles. The lowest BCUT2D eigenvalue weighted by atomic mass is 10.2. The molecule has 1 aromatic heterocycles. The van der Waals surface area contributed by atoms with Crippen molar-refractivity contribution in [1.82, 2.24) is 4.98 Å². The number of nitrogens with zero attached hydrogens (tertiary/aromatic N) is 1. The van der Waals surface area contributed by atoms with E-state index in [1.54, 1.807) is 18.2 Å². The van der Waals surface area contributed by atoms with Crippen LogP contribution in [0.1, 0.15) is 12.1 Å². The lowest BCUT2D eigenvalue weighted by Crippen LogP contribution is -2.01. The maximum Gasteiger partial charge on any atom is 0.305 e. The van der Waals surface area contributed by atoms with Gasteiger partial charge in [0.1, 0.15) is 10.8 Å².